The molecule has 1 aromatic carbocycles. The number of hydrogen-bond acceptors (Lipinski definition) is 4. The molecule has 1 aliphatic heterocycles. The zero-order chi connectivity index (χ0) is 17.8. The minimum atomic E-state index is -0.957. The van der Waals surface area contributed by atoms with Crippen LogP contribution in [0.4, 0.5) is 8.78 Å². The number of carboxylic acids is 1. The van der Waals surface area contributed by atoms with Gasteiger partial charge < -0.3 is 10.0 Å². The van der Waals surface area contributed by atoms with Gasteiger partial charge in [0.1, 0.15) is 6.54 Å². The van der Waals surface area contributed by atoms with Crippen LogP contribution in [0.1, 0.15) is 30.0 Å². The van der Waals surface area contributed by atoms with Gasteiger partial charge in [0.25, 0.3) is 0 Å². The number of nitrogens with zero attached hydrogens (tertiary/aromatic N) is 4. The highest BCUT2D eigenvalue weighted by Crippen LogP contribution is 2.27. The molecule has 2 aromatic rings. The summed E-state index contributed by atoms with van der Waals surface area (Å²) in [5.74, 6) is -2.39. The Kier molecular flexibility index (Phi) is 5.37. The highest BCUT2D eigenvalue weighted by Gasteiger charge is 2.22. The van der Waals surface area contributed by atoms with E-state index in [-0.39, 0.29) is 12.5 Å². The molecule has 1 aromatic heterocycles. The number of benzene rings is 1. The van der Waals surface area contributed by atoms with Gasteiger partial charge in [0.2, 0.25) is 0 Å². The topological polar surface area (TPSA) is 71.2 Å². The summed E-state index contributed by atoms with van der Waals surface area (Å²) in [6, 6.07) is 4.13. The van der Waals surface area contributed by atoms with Gasteiger partial charge in [-0.2, -0.15) is 0 Å². The van der Waals surface area contributed by atoms with E-state index < -0.39 is 17.6 Å². The summed E-state index contributed by atoms with van der Waals surface area (Å²) < 4.78 is 27.8. The third-order valence-electron chi connectivity index (χ3n) is 4.49. The monoisotopic (exact) mass is 350 g/mol. The van der Waals surface area contributed by atoms with Crippen molar-refractivity contribution >= 4 is 5.97 Å². The molecule has 0 radical (unpaired) electrons. The average molecular weight is 350 g/mol. The Morgan fingerprint density at radius 3 is 2.92 bits per heavy atom. The molecule has 1 N–H and O–H groups in total. The zero-order valence-electron chi connectivity index (χ0n) is 13.7. The Hall–Kier alpha value is -2.35. The smallest absolute Gasteiger partial charge is 0.325 e. The summed E-state index contributed by atoms with van der Waals surface area (Å²) in [5.41, 5.74) is 1.58. The lowest BCUT2D eigenvalue weighted by molar-refractivity contribution is -0.137. The predicted molar refractivity (Wildman–Crippen MR) is 86.1 cm³/mol. The summed E-state index contributed by atoms with van der Waals surface area (Å²) >= 11 is 0. The van der Waals surface area contributed by atoms with Crippen LogP contribution >= 0.6 is 0 Å². The highest BCUT2D eigenvalue weighted by molar-refractivity contribution is 5.66. The van der Waals surface area contributed by atoms with Crippen molar-refractivity contribution in [2.24, 2.45) is 0 Å². The van der Waals surface area contributed by atoms with Crippen LogP contribution in [-0.4, -0.2) is 50.6 Å². The van der Waals surface area contributed by atoms with E-state index in [1.54, 1.807) is 12.3 Å². The number of hydrogen-bond donors (Lipinski definition) is 1. The molecule has 0 spiro atoms. The molecule has 0 saturated carbocycles. The Morgan fingerprint density at radius 2 is 2.16 bits per heavy atom. The number of aromatic nitrogens is 3. The first-order valence-corrected chi connectivity index (χ1v) is 8.29. The normalized spacial score (nSPS) is 18.4. The van der Waals surface area contributed by atoms with Crippen LogP contribution in [0.2, 0.25) is 0 Å². The maximum Gasteiger partial charge on any atom is 0.325 e. The molecule has 1 atom stereocenters. The first kappa shape index (κ1) is 17.5. The van der Waals surface area contributed by atoms with E-state index in [0.717, 1.165) is 43.7 Å². The lowest BCUT2D eigenvalue weighted by Crippen LogP contribution is -2.35. The highest BCUT2D eigenvalue weighted by atomic mass is 19.2. The maximum atomic E-state index is 13.4. The van der Waals surface area contributed by atoms with E-state index in [1.165, 1.54) is 16.8 Å². The first-order chi connectivity index (χ1) is 12.0. The van der Waals surface area contributed by atoms with Crippen LogP contribution in [0, 0.1) is 11.6 Å². The molecule has 1 saturated heterocycles. The fourth-order valence-electron chi connectivity index (χ4n) is 3.24. The van der Waals surface area contributed by atoms with E-state index in [4.69, 9.17) is 5.11 Å². The molecular formula is C17H20F2N4O2. The Bertz CT molecular complexity index is 750. The molecular weight excluding hydrogens is 330 g/mol. The second kappa shape index (κ2) is 7.69. The van der Waals surface area contributed by atoms with Crippen LogP contribution < -0.4 is 0 Å². The van der Waals surface area contributed by atoms with Crippen molar-refractivity contribution in [1.82, 2.24) is 19.9 Å². The van der Waals surface area contributed by atoms with Crippen molar-refractivity contribution in [2.45, 2.75) is 31.7 Å². The third-order valence-corrected chi connectivity index (χ3v) is 4.49. The van der Waals surface area contributed by atoms with Gasteiger partial charge in [0.05, 0.1) is 5.69 Å². The fourth-order valence-corrected chi connectivity index (χ4v) is 3.24. The molecule has 3 rings (SSSR count). The van der Waals surface area contributed by atoms with Crippen molar-refractivity contribution in [1.29, 1.82) is 0 Å². The maximum absolute atomic E-state index is 13.4. The quantitative estimate of drug-likeness (QED) is 0.863. The van der Waals surface area contributed by atoms with Gasteiger partial charge in [0.15, 0.2) is 11.6 Å². The van der Waals surface area contributed by atoms with E-state index in [2.05, 4.69) is 15.2 Å². The molecule has 6 nitrogen and oxygen atoms in total. The average Bonchev–Trinajstić information content (AvgIpc) is 3.02. The molecule has 0 bridgehead atoms. The van der Waals surface area contributed by atoms with Gasteiger partial charge in [0, 0.05) is 25.7 Å². The molecule has 25 heavy (non-hydrogen) atoms. The summed E-state index contributed by atoms with van der Waals surface area (Å²) in [6.07, 6.45) is 4.26. The number of aliphatic carboxylic acids is 1. The van der Waals surface area contributed by atoms with Gasteiger partial charge in [-0.1, -0.05) is 11.3 Å². The van der Waals surface area contributed by atoms with Crippen molar-refractivity contribution < 1.29 is 18.7 Å². The van der Waals surface area contributed by atoms with Gasteiger partial charge in [-0.25, -0.2) is 13.5 Å². The minimum Gasteiger partial charge on any atom is -0.480 e. The van der Waals surface area contributed by atoms with E-state index >= 15 is 0 Å². The molecule has 1 unspecified atom stereocenters. The third kappa shape index (κ3) is 4.60. The van der Waals surface area contributed by atoms with Crippen molar-refractivity contribution in [3.8, 4) is 0 Å². The lowest BCUT2D eigenvalue weighted by Gasteiger charge is -2.32. The summed E-state index contributed by atoms with van der Waals surface area (Å²) in [5, 5.41) is 16.5. The van der Waals surface area contributed by atoms with Crippen LogP contribution in [0.25, 0.3) is 0 Å². The molecule has 0 amide bonds. The Morgan fingerprint density at radius 1 is 1.32 bits per heavy atom. The van der Waals surface area contributed by atoms with Crippen LogP contribution in [-0.2, 0) is 17.8 Å². The minimum absolute atomic E-state index is 0.187. The zero-order valence-corrected chi connectivity index (χ0v) is 13.7. The molecule has 134 valence electrons. The van der Waals surface area contributed by atoms with Gasteiger partial charge in [-0.15, -0.1) is 5.10 Å². The number of carbonyl (C=O) groups is 1. The first-order valence-electron chi connectivity index (χ1n) is 8.29. The molecule has 8 heteroatoms. The van der Waals surface area contributed by atoms with Crippen molar-refractivity contribution in [2.75, 3.05) is 19.6 Å². The number of halogens is 2. The van der Waals surface area contributed by atoms with Gasteiger partial charge in [-0.05, 0) is 43.0 Å². The summed E-state index contributed by atoms with van der Waals surface area (Å²) in [4.78, 5) is 12.9. The molecule has 1 aliphatic rings. The van der Waals surface area contributed by atoms with Gasteiger partial charge in [-0.3, -0.25) is 4.79 Å². The molecule has 2 heterocycles. The van der Waals surface area contributed by atoms with Crippen molar-refractivity contribution in [3.63, 3.8) is 0 Å². The number of rotatable bonds is 6. The second-order valence-electron chi connectivity index (χ2n) is 6.36. The Labute approximate surface area is 144 Å². The number of likely N-dealkylation sites (tertiary alicyclic amines) is 1. The van der Waals surface area contributed by atoms with Crippen LogP contribution in [0.5, 0.6) is 0 Å². The molecule has 0 aliphatic carbocycles. The number of piperidine rings is 1. The second-order valence-corrected chi connectivity index (χ2v) is 6.36. The number of carboxylic acid groups (broad SMARTS) is 1. The van der Waals surface area contributed by atoms with Crippen LogP contribution in [0.3, 0.4) is 0 Å². The standard InChI is InChI=1S/C17H20F2N4O2/c18-15-4-3-12(8-16(15)19)13-2-1-6-22(9-13)7-5-14-10-23(21-20-14)11-17(24)25/h3-4,8,10,13H,1-2,5-7,9,11H2,(H,24,25). The molecule has 1 fully saturated rings. The van der Waals surface area contributed by atoms with Crippen LogP contribution in [0.15, 0.2) is 24.4 Å². The van der Waals surface area contributed by atoms with Crippen molar-refractivity contribution in [3.05, 3.63) is 47.3 Å². The largest absolute Gasteiger partial charge is 0.480 e. The summed E-state index contributed by atoms with van der Waals surface area (Å²) in [7, 11) is 0. The van der Waals surface area contributed by atoms with E-state index in [1.807, 2.05) is 0 Å². The van der Waals surface area contributed by atoms with E-state index in [9.17, 15) is 13.6 Å². The summed E-state index contributed by atoms with van der Waals surface area (Å²) in [6.45, 7) is 2.30. The van der Waals surface area contributed by atoms with Gasteiger partial charge >= 0.3 is 5.97 Å². The van der Waals surface area contributed by atoms with E-state index in [0.29, 0.717) is 6.42 Å². The fraction of sp³-hybridized carbons (Fsp3) is 0.471. The predicted octanol–water partition coefficient (Wildman–Crippen LogP) is 2.06. The Balaban J connectivity index is 1.55. The SMILES string of the molecule is O=C(O)Cn1cc(CCN2CCCC(c3ccc(F)c(F)c3)C2)nn1. The lowest BCUT2D eigenvalue weighted by atomic mass is 9.90.